The van der Waals surface area contributed by atoms with Gasteiger partial charge in [-0.25, -0.2) is 0 Å². The van der Waals surface area contributed by atoms with E-state index in [4.69, 9.17) is 14.2 Å². The lowest BCUT2D eigenvalue weighted by Gasteiger charge is -2.27. The van der Waals surface area contributed by atoms with E-state index < -0.39 is 11.9 Å². The zero-order valence-electron chi connectivity index (χ0n) is 11.8. The maximum Gasteiger partial charge on any atom is 0.159 e. The van der Waals surface area contributed by atoms with E-state index in [2.05, 4.69) is 0 Å². The van der Waals surface area contributed by atoms with Crippen LogP contribution < -0.4 is 4.74 Å². The van der Waals surface area contributed by atoms with Gasteiger partial charge in [-0.05, 0) is 37.5 Å². The predicted octanol–water partition coefficient (Wildman–Crippen LogP) is 2.44. The lowest BCUT2D eigenvalue weighted by molar-refractivity contribution is -0.142. The normalized spacial score (nSPS) is 18.4. The largest absolute Gasteiger partial charge is 0.490 e. The van der Waals surface area contributed by atoms with E-state index >= 15 is 0 Å². The Morgan fingerprint density at radius 2 is 2.00 bits per heavy atom. The molecule has 1 N–H and O–H groups in total. The van der Waals surface area contributed by atoms with Gasteiger partial charge in [0.1, 0.15) is 5.75 Å². The second-order valence-corrected chi connectivity index (χ2v) is 5.22. The molecule has 4 heteroatoms. The van der Waals surface area contributed by atoms with Crippen LogP contribution in [0.25, 0.3) is 0 Å². The Balaban J connectivity index is 2.09. The smallest absolute Gasteiger partial charge is 0.159 e. The molecule has 0 aromatic heterocycles. The van der Waals surface area contributed by atoms with Crippen LogP contribution in [0.3, 0.4) is 0 Å². The molecule has 1 aromatic rings. The number of aliphatic hydroxyl groups is 1. The summed E-state index contributed by atoms with van der Waals surface area (Å²) in [5.74, 6) is 0.812. The molecule has 0 amide bonds. The molecule has 0 saturated heterocycles. The quantitative estimate of drug-likeness (QED) is 0.770. The molecule has 1 aromatic carbocycles. The van der Waals surface area contributed by atoms with Crippen LogP contribution in [0.5, 0.6) is 5.75 Å². The summed E-state index contributed by atoms with van der Waals surface area (Å²) in [5, 5.41) is 10.6. The number of ether oxygens (including phenoxy) is 3. The van der Waals surface area contributed by atoms with Gasteiger partial charge in [-0.15, -0.1) is 0 Å². The van der Waals surface area contributed by atoms with Crippen LogP contribution in [0, 0.1) is 0 Å². The maximum absolute atomic E-state index is 10.6. The highest BCUT2D eigenvalue weighted by Crippen LogP contribution is 2.32. The molecule has 4 nitrogen and oxygen atoms in total. The van der Waals surface area contributed by atoms with E-state index in [0.29, 0.717) is 12.5 Å². The molecule has 106 valence electrons. The van der Waals surface area contributed by atoms with Crippen molar-refractivity contribution in [2.45, 2.75) is 44.2 Å². The minimum absolute atomic E-state index is 0.353. The van der Waals surface area contributed by atoms with Gasteiger partial charge in [0.15, 0.2) is 6.29 Å². The van der Waals surface area contributed by atoms with E-state index in [1.54, 1.807) is 21.1 Å². The van der Waals surface area contributed by atoms with Crippen LogP contribution in [0.15, 0.2) is 24.3 Å². The summed E-state index contributed by atoms with van der Waals surface area (Å²) in [5.41, 5.74) is -0.204. The average molecular weight is 266 g/mol. The summed E-state index contributed by atoms with van der Waals surface area (Å²) in [7, 11) is 3.13. The van der Waals surface area contributed by atoms with Crippen molar-refractivity contribution in [1.82, 2.24) is 0 Å². The molecule has 1 unspecified atom stereocenters. The number of hydrogen-bond donors (Lipinski definition) is 1. The summed E-state index contributed by atoms with van der Waals surface area (Å²) >= 11 is 0. The fourth-order valence-corrected chi connectivity index (χ4v) is 1.99. The number of hydrogen-bond acceptors (Lipinski definition) is 4. The summed E-state index contributed by atoms with van der Waals surface area (Å²) in [6.07, 6.45) is 2.54. The molecule has 2 rings (SSSR count). The van der Waals surface area contributed by atoms with Gasteiger partial charge < -0.3 is 19.3 Å². The van der Waals surface area contributed by atoms with Crippen LogP contribution in [0.2, 0.25) is 0 Å². The molecule has 19 heavy (non-hydrogen) atoms. The van der Waals surface area contributed by atoms with Crippen molar-refractivity contribution in [3.05, 3.63) is 29.8 Å². The predicted molar refractivity (Wildman–Crippen MR) is 72.1 cm³/mol. The zero-order chi connectivity index (χ0) is 13.9. The second kappa shape index (κ2) is 5.90. The molecule has 1 aliphatic carbocycles. The third kappa shape index (κ3) is 3.93. The summed E-state index contributed by atoms with van der Waals surface area (Å²) in [6, 6.07) is 7.60. The van der Waals surface area contributed by atoms with Crippen molar-refractivity contribution in [2.75, 3.05) is 14.2 Å². The van der Waals surface area contributed by atoms with Crippen molar-refractivity contribution in [2.24, 2.45) is 0 Å². The minimum Gasteiger partial charge on any atom is -0.490 e. The van der Waals surface area contributed by atoms with E-state index in [0.717, 1.165) is 24.2 Å². The Morgan fingerprint density at radius 3 is 2.58 bits per heavy atom. The minimum atomic E-state index is -1.01. The van der Waals surface area contributed by atoms with Gasteiger partial charge in [0.25, 0.3) is 0 Å². The Labute approximate surface area is 114 Å². The van der Waals surface area contributed by atoms with Gasteiger partial charge in [0, 0.05) is 20.6 Å². The van der Waals surface area contributed by atoms with Gasteiger partial charge in [0.2, 0.25) is 0 Å². The van der Waals surface area contributed by atoms with Crippen molar-refractivity contribution in [3.63, 3.8) is 0 Å². The van der Waals surface area contributed by atoms with Crippen molar-refractivity contribution < 1.29 is 19.3 Å². The molecule has 0 spiro atoms. The summed E-state index contributed by atoms with van der Waals surface area (Å²) in [4.78, 5) is 0. The molecule has 0 heterocycles. The Bertz CT molecular complexity index is 408. The van der Waals surface area contributed by atoms with E-state index in [1.165, 1.54) is 0 Å². The van der Waals surface area contributed by atoms with E-state index in [-0.39, 0.29) is 0 Å². The highest BCUT2D eigenvalue weighted by molar-refractivity contribution is 5.32. The first-order valence-corrected chi connectivity index (χ1v) is 6.60. The second-order valence-electron chi connectivity index (χ2n) is 5.22. The van der Waals surface area contributed by atoms with Crippen LogP contribution in [0.4, 0.5) is 0 Å². The Morgan fingerprint density at radius 1 is 1.32 bits per heavy atom. The molecule has 0 aliphatic heterocycles. The van der Waals surface area contributed by atoms with E-state index in [1.807, 2.05) is 24.3 Å². The Kier molecular flexibility index (Phi) is 4.45. The molecule has 1 saturated carbocycles. The number of benzene rings is 1. The SMILES string of the molecule is COC(CC(C)(O)c1cccc(OC2CC2)c1)OC. The van der Waals surface area contributed by atoms with Gasteiger partial charge in [-0.3, -0.25) is 0 Å². The fourth-order valence-electron chi connectivity index (χ4n) is 1.99. The first-order chi connectivity index (χ1) is 9.05. The molecular formula is C15H22O4. The molecule has 0 bridgehead atoms. The standard InChI is InChI=1S/C15H22O4/c1-15(16,10-14(17-2)18-3)11-5-4-6-13(9-11)19-12-7-8-12/h4-6,9,12,14,16H,7-8,10H2,1-3H3. The molecule has 1 fully saturated rings. The Hall–Kier alpha value is -1.10. The first kappa shape index (κ1) is 14.3. The lowest BCUT2D eigenvalue weighted by Crippen LogP contribution is -2.29. The van der Waals surface area contributed by atoms with Crippen molar-refractivity contribution in [1.29, 1.82) is 0 Å². The monoisotopic (exact) mass is 266 g/mol. The van der Waals surface area contributed by atoms with Gasteiger partial charge in [-0.1, -0.05) is 12.1 Å². The number of methoxy groups -OCH3 is 2. The van der Waals surface area contributed by atoms with Gasteiger partial charge in [-0.2, -0.15) is 0 Å². The topological polar surface area (TPSA) is 47.9 Å². The van der Waals surface area contributed by atoms with Crippen LogP contribution in [-0.4, -0.2) is 31.7 Å². The highest BCUT2D eigenvalue weighted by atomic mass is 16.7. The van der Waals surface area contributed by atoms with E-state index in [9.17, 15) is 5.11 Å². The zero-order valence-corrected chi connectivity index (χ0v) is 11.8. The average Bonchev–Trinajstić information content (AvgIpc) is 3.20. The third-order valence-corrected chi connectivity index (χ3v) is 3.37. The number of rotatable bonds is 7. The fraction of sp³-hybridized carbons (Fsp3) is 0.600. The van der Waals surface area contributed by atoms with Crippen LogP contribution >= 0.6 is 0 Å². The highest BCUT2D eigenvalue weighted by Gasteiger charge is 2.29. The molecular weight excluding hydrogens is 244 g/mol. The van der Waals surface area contributed by atoms with Crippen molar-refractivity contribution in [3.8, 4) is 5.75 Å². The molecule has 1 atom stereocenters. The summed E-state index contributed by atoms with van der Waals surface area (Å²) < 4.78 is 16.0. The van der Waals surface area contributed by atoms with Crippen LogP contribution in [-0.2, 0) is 15.1 Å². The molecule has 1 aliphatic rings. The summed E-state index contributed by atoms with van der Waals surface area (Å²) in [6.45, 7) is 1.76. The maximum atomic E-state index is 10.6. The van der Waals surface area contributed by atoms with Crippen molar-refractivity contribution >= 4 is 0 Å². The lowest BCUT2D eigenvalue weighted by atomic mass is 9.92. The molecule has 0 radical (unpaired) electrons. The van der Waals surface area contributed by atoms with Crippen LogP contribution in [0.1, 0.15) is 31.7 Å². The third-order valence-electron chi connectivity index (χ3n) is 3.37. The van der Waals surface area contributed by atoms with Gasteiger partial charge >= 0.3 is 0 Å². The first-order valence-electron chi connectivity index (χ1n) is 6.60. The van der Waals surface area contributed by atoms with Gasteiger partial charge in [0.05, 0.1) is 11.7 Å².